The van der Waals surface area contributed by atoms with Gasteiger partial charge in [0.25, 0.3) is 0 Å². The van der Waals surface area contributed by atoms with Crippen LogP contribution in [0.1, 0.15) is 19.4 Å². The normalized spacial score (nSPS) is 12.5. The summed E-state index contributed by atoms with van der Waals surface area (Å²) in [4.78, 5) is 13.4. The van der Waals surface area contributed by atoms with Gasteiger partial charge in [-0.15, -0.1) is 0 Å². The van der Waals surface area contributed by atoms with E-state index in [2.05, 4.69) is 15.9 Å². The lowest BCUT2D eigenvalue weighted by atomic mass is 10.1. The second-order valence-corrected chi connectivity index (χ2v) is 5.40. The molecule has 0 fully saturated rings. The van der Waals surface area contributed by atoms with Gasteiger partial charge in [-0.05, 0) is 18.7 Å². The number of hydrogen-bond acceptors (Lipinski definition) is 3. The quantitative estimate of drug-likeness (QED) is 0.749. The van der Waals surface area contributed by atoms with Gasteiger partial charge < -0.3 is 4.74 Å². The van der Waals surface area contributed by atoms with E-state index >= 15 is 0 Å². The maximum Gasteiger partial charge on any atom is 0.309 e. The van der Waals surface area contributed by atoms with Crippen LogP contribution in [0.3, 0.4) is 0 Å². The number of hydrogen-bond donors (Lipinski definition) is 0. The van der Waals surface area contributed by atoms with E-state index in [0.29, 0.717) is 18.7 Å². The number of esters is 1. The minimum Gasteiger partial charge on any atom is -0.469 e. The molecule has 0 saturated carbocycles. The summed E-state index contributed by atoms with van der Waals surface area (Å²) in [6.07, 6.45) is 0. The van der Waals surface area contributed by atoms with Crippen LogP contribution in [0.5, 0.6) is 0 Å². The zero-order valence-electron chi connectivity index (χ0n) is 11.5. The predicted molar refractivity (Wildman–Crippen MR) is 76.2 cm³/mol. The Kier molecular flexibility index (Phi) is 6.45. The van der Waals surface area contributed by atoms with Crippen molar-refractivity contribution >= 4 is 21.9 Å². The van der Waals surface area contributed by atoms with Crippen molar-refractivity contribution in [2.75, 3.05) is 20.2 Å². The molecule has 0 aliphatic heterocycles. The molecule has 0 amide bonds. The number of carbonyl (C=O) groups is 1. The van der Waals surface area contributed by atoms with Gasteiger partial charge in [0.05, 0.1) is 13.0 Å². The molecule has 106 valence electrons. The van der Waals surface area contributed by atoms with Crippen LogP contribution < -0.4 is 0 Å². The monoisotopic (exact) mass is 331 g/mol. The van der Waals surface area contributed by atoms with E-state index in [1.54, 1.807) is 6.07 Å². The van der Waals surface area contributed by atoms with Crippen molar-refractivity contribution in [2.24, 2.45) is 5.92 Å². The zero-order chi connectivity index (χ0) is 14.4. The second-order valence-electron chi connectivity index (χ2n) is 4.49. The Balaban J connectivity index is 2.68. The molecule has 0 aliphatic rings. The summed E-state index contributed by atoms with van der Waals surface area (Å²) in [6.45, 7) is 5.58. The van der Waals surface area contributed by atoms with E-state index < -0.39 is 0 Å². The highest BCUT2D eigenvalue weighted by molar-refractivity contribution is 9.10. The van der Waals surface area contributed by atoms with Crippen LogP contribution in [-0.4, -0.2) is 31.1 Å². The van der Waals surface area contributed by atoms with Crippen LogP contribution >= 0.6 is 15.9 Å². The lowest BCUT2D eigenvalue weighted by molar-refractivity contribution is -0.145. The van der Waals surface area contributed by atoms with Crippen molar-refractivity contribution in [2.45, 2.75) is 20.4 Å². The lowest BCUT2D eigenvalue weighted by Crippen LogP contribution is -2.32. The third-order valence-corrected chi connectivity index (χ3v) is 3.49. The molecule has 0 bridgehead atoms. The molecule has 1 aromatic rings. The molecule has 0 aliphatic carbocycles. The molecule has 0 aromatic heterocycles. The average molecular weight is 332 g/mol. The molecule has 5 heteroatoms. The zero-order valence-corrected chi connectivity index (χ0v) is 13.0. The molecule has 1 rings (SSSR count). The van der Waals surface area contributed by atoms with Crippen molar-refractivity contribution in [3.63, 3.8) is 0 Å². The number of halogens is 2. The lowest BCUT2D eigenvalue weighted by Gasteiger charge is -2.23. The Hall–Kier alpha value is -0.940. The van der Waals surface area contributed by atoms with E-state index in [9.17, 15) is 9.18 Å². The molecule has 0 spiro atoms. The molecule has 1 atom stereocenters. The van der Waals surface area contributed by atoms with E-state index in [1.807, 2.05) is 24.8 Å². The van der Waals surface area contributed by atoms with Crippen LogP contribution in [0, 0.1) is 11.7 Å². The number of carbonyl (C=O) groups excluding carboxylic acids is 1. The average Bonchev–Trinajstić information content (AvgIpc) is 2.39. The summed E-state index contributed by atoms with van der Waals surface area (Å²) in [7, 11) is 1.38. The molecule has 1 aromatic carbocycles. The Bertz CT molecular complexity index is 439. The van der Waals surface area contributed by atoms with Crippen molar-refractivity contribution in [3.05, 3.63) is 34.1 Å². The number of rotatable bonds is 6. The highest BCUT2D eigenvalue weighted by atomic mass is 79.9. The standard InChI is InChI=1S/C14H19BrFNO2/c1-4-17(8-10(2)14(18)19-3)9-11-5-6-12(15)7-13(11)16/h5-7,10H,4,8-9H2,1-3H3. The van der Waals surface area contributed by atoms with E-state index in [1.165, 1.54) is 13.2 Å². The van der Waals surface area contributed by atoms with Gasteiger partial charge in [-0.25, -0.2) is 4.39 Å². The maximum absolute atomic E-state index is 13.8. The first-order valence-electron chi connectivity index (χ1n) is 6.22. The smallest absolute Gasteiger partial charge is 0.309 e. The number of ether oxygens (including phenoxy) is 1. The fourth-order valence-corrected chi connectivity index (χ4v) is 2.19. The predicted octanol–water partition coefficient (Wildman–Crippen LogP) is 3.22. The number of nitrogens with zero attached hydrogens (tertiary/aromatic N) is 1. The van der Waals surface area contributed by atoms with Gasteiger partial charge in [0.2, 0.25) is 0 Å². The second kappa shape index (κ2) is 7.60. The van der Waals surface area contributed by atoms with E-state index in [4.69, 9.17) is 4.74 Å². The van der Waals surface area contributed by atoms with Crippen LogP contribution in [-0.2, 0) is 16.1 Å². The van der Waals surface area contributed by atoms with Gasteiger partial charge >= 0.3 is 5.97 Å². The molecule has 0 saturated heterocycles. The van der Waals surface area contributed by atoms with Crippen molar-refractivity contribution in [3.8, 4) is 0 Å². The highest BCUT2D eigenvalue weighted by Crippen LogP contribution is 2.17. The first-order valence-corrected chi connectivity index (χ1v) is 7.01. The molecule has 1 unspecified atom stereocenters. The summed E-state index contributed by atoms with van der Waals surface area (Å²) < 4.78 is 19.2. The third-order valence-electron chi connectivity index (χ3n) is 2.99. The molecular weight excluding hydrogens is 313 g/mol. The summed E-state index contributed by atoms with van der Waals surface area (Å²) in [5, 5.41) is 0. The fraction of sp³-hybridized carbons (Fsp3) is 0.500. The molecule has 0 heterocycles. The Morgan fingerprint density at radius 1 is 1.53 bits per heavy atom. The van der Waals surface area contributed by atoms with Crippen LogP contribution in [0.15, 0.2) is 22.7 Å². The molecule has 0 N–H and O–H groups in total. The van der Waals surface area contributed by atoms with Crippen molar-refractivity contribution in [1.82, 2.24) is 4.90 Å². The van der Waals surface area contributed by atoms with Gasteiger partial charge in [-0.2, -0.15) is 0 Å². The summed E-state index contributed by atoms with van der Waals surface area (Å²) in [5.41, 5.74) is 0.627. The Morgan fingerprint density at radius 2 is 2.21 bits per heavy atom. The van der Waals surface area contributed by atoms with Gasteiger partial charge in [0, 0.05) is 23.1 Å². The van der Waals surface area contributed by atoms with Crippen molar-refractivity contribution < 1.29 is 13.9 Å². The number of benzene rings is 1. The van der Waals surface area contributed by atoms with E-state index in [-0.39, 0.29) is 17.7 Å². The summed E-state index contributed by atoms with van der Waals surface area (Å²) in [5.74, 6) is -0.697. The van der Waals surface area contributed by atoms with E-state index in [0.717, 1.165) is 11.0 Å². The van der Waals surface area contributed by atoms with Gasteiger partial charge in [0.15, 0.2) is 0 Å². The molecule has 0 radical (unpaired) electrons. The Morgan fingerprint density at radius 3 is 2.74 bits per heavy atom. The minimum absolute atomic E-state index is 0.219. The highest BCUT2D eigenvalue weighted by Gasteiger charge is 2.17. The number of methoxy groups -OCH3 is 1. The minimum atomic E-state index is -0.241. The van der Waals surface area contributed by atoms with Gasteiger partial charge in [0.1, 0.15) is 5.82 Å². The molecule has 3 nitrogen and oxygen atoms in total. The third kappa shape index (κ3) is 4.91. The first kappa shape index (κ1) is 16.1. The van der Waals surface area contributed by atoms with Gasteiger partial charge in [-0.1, -0.05) is 35.8 Å². The maximum atomic E-state index is 13.8. The van der Waals surface area contributed by atoms with Gasteiger partial charge in [-0.3, -0.25) is 9.69 Å². The Labute approximate surface area is 121 Å². The largest absolute Gasteiger partial charge is 0.469 e. The molecular formula is C14H19BrFNO2. The van der Waals surface area contributed by atoms with Crippen LogP contribution in [0.25, 0.3) is 0 Å². The fourth-order valence-electron chi connectivity index (χ4n) is 1.86. The first-order chi connectivity index (χ1) is 8.97. The summed E-state index contributed by atoms with van der Waals surface area (Å²) >= 11 is 3.23. The summed E-state index contributed by atoms with van der Waals surface area (Å²) in [6, 6.07) is 5.02. The topological polar surface area (TPSA) is 29.5 Å². The van der Waals surface area contributed by atoms with Crippen LogP contribution in [0.4, 0.5) is 4.39 Å². The van der Waals surface area contributed by atoms with Crippen molar-refractivity contribution in [1.29, 1.82) is 0 Å². The van der Waals surface area contributed by atoms with Crippen LogP contribution in [0.2, 0.25) is 0 Å². The molecule has 19 heavy (non-hydrogen) atoms. The SMILES string of the molecule is CCN(Cc1ccc(Br)cc1F)CC(C)C(=O)OC.